The second kappa shape index (κ2) is 4.57. The number of thioether (sulfide) groups is 1. The third kappa shape index (κ3) is 3.87. The molecule has 1 rings (SSSR count). The molecule has 0 aromatic heterocycles. The highest BCUT2D eigenvalue weighted by Crippen LogP contribution is 2.23. The highest BCUT2D eigenvalue weighted by molar-refractivity contribution is 8.13. The lowest BCUT2D eigenvalue weighted by Gasteiger charge is -2.23. The quantitative estimate of drug-likeness (QED) is 0.763. The van der Waals surface area contributed by atoms with Crippen LogP contribution in [0, 0.1) is 0 Å². The summed E-state index contributed by atoms with van der Waals surface area (Å²) in [5.74, 6) is 0.741. The Bertz CT molecular complexity index is 364. The van der Waals surface area contributed by atoms with Crippen LogP contribution >= 0.6 is 11.8 Å². The number of hydrogen-bond donors (Lipinski definition) is 1. The third-order valence-electron chi connectivity index (χ3n) is 2.24. The molecule has 1 saturated heterocycles. The smallest absolute Gasteiger partial charge is 0.279 e. The molecule has 1 fully saturated rings. The van der Waals surface area contributed by atoms with Crippen LogP contribution < -0.4 is 5.32 Å². The molecule has 0 saturated carbocycles. The van der Waals surface area contributed by atoms with Crippen LogP contribution in [0.2, 0.25) is 0 Å². The van der Waals surface area contributed by atoms with Gasteiger partial charge in [0.25, 0.3) is 5.24 Å². The normalized spacial score (nSPS) is 28.6. The Morgan fingerprint density at radius 2 is 2.33 bits per heavy atom. The molecule has 6 heteroatoms. The Hall–Kier alpha value is -0.490. The van der Waals surface area contributed by atoms with Crippen LogP contribution in [0.1, 0.15) is 13.3 Å². The molecule has 86 valence electrons. The monoisotopic (exact) mass is 249 g/mol. The standard InChI is InChI=1S/C9H15NO3S2/c1-3-5-14-8(11)10-9(2)4-6-15(12,13)7-9/h3H,1,4-7H2,2H3,(H,10,11). The van der Waals surface area contributed by atoms with E-state index in [1.807, 2.05) is 0 Å². The van der Waals surface area contributed by atoms with E-state index in [9.17, 15) is 13.2 Å². The Morgan fingerprint density at radius 1 is 1.67 bits per heavy atom. The van der Waals surface area contributed by atoms with Gasteiger partial charge in [0.05, 0.1) is 17.0 Å². The molecule has 15 heavy (non-hydrogen) atoms. The molecular weight excluding hydrogens is 234 g/mol. The van der Waals surface area contributed by atoms with Crippen molar-refractivity contribution >= 4 is 26.8 Å². The fourth-order valence-corrected chi connectivity index (χ4v) is 4.21. The molecule has 0 aromatic rings. The van der Waals surface area contributed by atoms with Crippen molar-refractivity contribution in [3.63, 3.8) is 0 Å². The number of sulfone groups is 1. The molecule has 1 atom stereocenters. The molecule has 1 heterocycles. The molecule has 1 aliphatic heterocycles. The van der Waals surface area contributed by atoms with Crippen molar-refractivity contribution in [1.29, 1.82) is 0 Å². The summed E-state index contributed by atoms with van der Waals surface area (Å²) in [5.41, 5.74) is -0.593. The van der Waals surface area contributed by atoms with Crippen LogP contribution in [0.4, 0.5) is 4.79 Å². The van der Waals surface area contributed by atoms with Crippen LogP contribution in [0.5, 0.6) is 0 Å². The van der Waals surface area contributed by atoms with Gasteiger partial charge in [-0.15, -0.1) is 6.58 Å². The molecule has 1 amide bonds. The van der Waals surface area contributed by atoms with Gasteiger partial charge in [0.2, 0.25) is 0 Å². The van der Waals surface area contributed by atoms with E-state index in [4.69, 9.17) is 0 Å². The largest absolute Gasteiger partial charge is 0.341 e. The van der Waals surface area contributed by atoms with Crippen molar-refractivity contribution in [3.8, 4) is 0 Å². The topological polar surface area (TPSA) is 63.2 Å². The Kier molecular flexibility index (Phi) is 3.83. The lowest BCUT2D eigenvalue weighted by atomic mass is 10.0. The molecule has 0 spiro atoms. The number of carbonyl (C=O) groups excluding carboxylic acids is 1. The number of rotatable bonds is 3. The van der Waals surface area contributed by atoms with Gasteiger partial charge >= 0.3 is 0 Å². The first kappa shape index (κ1) is 12.6. The average molecular weight is 249 g/mol. The van der Waals surface area contributed by atoms with Gasteiger partial charge in [-0.05, 0) is 13.3 Å². The highest BCUT2D eigenvalue weighted by atomic mass is 32.2. The molecule has 0 aliphatic carbocycles. The van der Waals surface area contributed by atoms with E-state index in [0.29, 0.717) is 12.2 Å². The van der Waals surface area contributed by atoms with Crippen LogP contribution in [0.3, 0.4) is 0 Å². The SMILES string of the molecule is C=CCSC(=O)NC1(C)CCS(=O)(=O)C1. The fraction of sp³-hybridized carbons (Fsp3) is 0.667. The van der Waals surface area contributed by atoms with Crippen molar-refractivity contribution in [2.45, 2.75) is 18.9 Å². The van der Waals surface area contributed by atoms with Crippen molar-refractivity contribution in [1.82, 2.24) is 5.32 Å². The summed E-state index contributed by atoms with van der Waals surface area (Å²) in [4.78, 5) is 11.4. The molecule has 1 unspecified atom stereocenters. The summed E-state index contributed by atoms with van der Waals surface area (Å²) in [6.07, 6.45) is 2.13. The van der Waals surface area contributed by atoms with Crippen molar-refractivity contribution in [2.24, 2.45) is 0 Å². The lowest BCUT2D eigenvalue weighted by molar-refractivity contribution is 0.251. The van der Waals surface area contributed by atoms with E-state index >= 15 is 0 Å². The molecule has 1 aliphatic rings. The van der Waals surface area contributed by atoms with Crippen LogP contribution in [0.15, 0.2) is 12.7 Å². The van der Waals surface area contributed by atoms with E-state index in [2.05, 4.69) is 11.9 Å². The maximum atomic E-state index is 11.4. The van der Waals surface area contributed by atoms with Gasteiger partial charge in [0.15, 0.2) is 9.84 Å². The minimum absolute atomic E-state index is 0.0421. The van der Waals surface area contributed by atoms with Gasteiger partial charge in [-0.25, -0.2) is 8.42 Å². The maximum absolute atomic E-state index is 11.4. The fourth-order valence-electron chi connectivity index (χ4n) is 1.53. The van der Waals surface area contributed by atoms with Gasteiger partial charge in [-0.2, -0.15) is 0 Å². The second-order valence-corrected chi connectivity index (χ2v) is 7.09. The van der Waals surface area contributed by atoms with E-state index < -0.39 is 15.4 Å². The molecule has 0 aromatic carbocycles. The zero-order valence-corrected chi connectivity index (χ0v) is 10.3. The first-order valence-corrected chi connectivity index (χ1v) is 7.44. The first-order valence-electron chi connectivity index (χ1n) is 4.63. The Balaban J connectivity index is 2.51. The lowest BCUT2D eigenvalue weighted by Crippen LogP contribution is -2.45. The van der Waals surface area contributed by atoms with E-state index in [1.54, 1.807) is 13.0 Å². The van der Waals surface area contributed by atoms with Gasteiger partial charge < -0.3 is 5.32 Å². The van der Waals surface area contributed by atoms with E-state index in [1.165, 1.54) is 0 Å². The summed E-state index contributed by atoms with van der Waals surface area (Å²) >= 11 is 1.10. The van der Waals surface area contributed by atoms with E-state index in [-0.39, 0.29) is 16.7 Å². The predicted octanol–water partition coefficient (Wildman–Crippen LogP) is 1.19. The summed E-state index contributed by atoms with van der Waals surface area (Å²) in [6.45, 7) is 5.28. The second-order valence-electron chi connectivity index (χ2n) is 3.91. The predicted molar refractivity (Wildman–Crippen MR) is 62.9 cm³/mol. The Labute approximate surface area is 94.4 Å². The minimum Gasteiger partial charge on any atom is -0.341 e. The summed E-state index contributed by atoms with van der Waals surface area (Å²) in [7, 11) is -2.96. The molecule has 0 bridgehead atoms. The molecule has 0 radical (unpaired) electrons. The highest BCUT2D eigenvalue weighted by Gasteiger charge is 2.39. The zero-order valence-electron chi connectivity index (χ0n) is 8.65. The third-order valence-corrected chi connectivity index (χ3v) is 4.91. The molecular formula is C9H15NO3S2. The Morgan fingerprint density at radius 3 is 2.80 bits per heavy atom. The van der Waals surface area contributed by atoms with Gasteiger partial charge in [0.1, 0.15) is 0 Å². The summed E-state index contributed by atoms with van der Waals surface area (Å²) < 4.78 is 22.5. The average Bonchev–Trinajstić information content (AvgIpc) is 2.37. The van der Waals surface area contributed by atoms with Crippen LogP contribution in [0.25, 0.3) is 0 Å². The maximum Gasteiger partial charge on any atom is 0.279 e. The van der Waals surface area contributed by atoms with Crippen molar-refractivity contribution in [3.05, 3.63) is 12.7 Å². The molecule has 4 nitrogen and oxygen atoms in total. The number of nitrogens with one attached hydrogen (secondary N) is 1. The van der Waals surface area contributed by atoms with Gasteiger partial charge in [0, 0.05) is 5.75 Å². The summed E-state index contributed by atoms with van der Waals surface area (Å²) in [6, 6.07) is 0. The molecule has 1 N–H and O–H groups in total. The first-order chi connectivity index (χ1) is 6.87. The minimum atomic E-state index is -2.96. The van der Waals surface area contributed by atoms with Crippen molar-refractivity contribution in [2.75, 3.05) is 17.3 Å². The van der Waals surface area contributed by atoms with E-state index in [0.717, 1.165) is 11.8 Å². The summed E-state index contributed by atoms with van der Waals surface area (Å²) in [5, 5.41) is 2.56. The van der Waals surface area contributed by atoms with Crippen LogP contribution in [-0.2, 0) is 9.84 Å². The van der Waals surface area contributed by atoms with Crippen LogP contribution in [-0.4, -0.2) is 36.5 Å². The van der Waals surface area contributed by atoms with Gasteiger partial charge in [-0.1, -0.05) is 17.8 Å². The van der Waals surface area contributed by atoms with Crippen molar-refractivity contribution < 1.29 is 13.2 Å². The number of hydrogen-bond acceptors (Lipinski definition) is 4. The number of amides is 1. The van der Waals surface area contributed by atoms with Gasteiger partial charge in [-0.3, -0.25) is 4.79 Å². The number of carbonyl (C=O) groups is 1. The zero-order chi connectivity index (χ0) is 11.5.